The molecule has 6 nitrogen and oxygen atoms in total. The Balaban J connectivity index is 4.24. The highest BCUT2D eigenvalue weighted by atomic mass is 16.6. The summed E-state index contributed by atoms with van der Waals surface area (Å²) in [7, 11) is 0. The summed E-state index contributed by atoms with van der Waals surface area (Å²) in [5.74, 6) is -0.931. The van der Waals surface area contributed by atoms with E-state index >= 15 is 0 Å². The van der Waals surface area contributed by atoms with Gasteiger partial charge in [0, 0.05) is 19.3 Å². The van der Waals surface area contributed by atoms with E-state index in [9.17, 15) is 14.4 Å². The van der Waals surface area contributed by atoms with Crippen LogP contribution in [-0.4, -0.2) is 37.2 Å². The fraction of sp³-hybridized carbons (Fsp3) is 0.646. The van der Waals surface area contributed by atoms with Crippen molar-refractivity contribution >= 4 is 17.9 Å². The zero-order valence-corrected chi connectivity index (χ0v) is 45.9. The van der Waals surface area contributed by atoms with E-state index in [2.05, 4.69) is 142 Å². The van der Waals surface area contributed by atoms with Gasteiger partial charge in [-0.05, 0) is 128 Å². The Labute approximate surface area is 437 Å². The van der Waals surface area contributed by atoms with E-state index < -0.39 is 6.10 Å². The second-order valence-corrected chi connectivity index (χ2v) is 18.8. The van der Waals surface area contributed by atoms with Crippen LogP contribution in [0.3, 0.4) is 0 Å². The lowest BCUT2D eigenvalue weighted by atomic mass is 10.1. The molecule has 1 atom stereocenters. The number of ether oxygens (including phenoxy) is 3. The van der Waals surface area contributed by atoms with Gasteiger partial charge in [0.05, 0.1) is 0 Å². The summed E-state index contributed by atoms with van der Waals surface area (Å²) in [5.41, 5.74) is 0. The second kappa shape index (κ2) is 58.4. The minimum atomic E-state index is -0.793. The molecule has 0 spiro atoms. The molecule has 0 aromatic rings. The maximum absolute atomic E-state index is 12.8. The highest BCUT2D eigenvalue weighted by molar-refractivity contribution is 5.71. The lowest BCUT2D eigenvalue weighted by Crippen LogP contribution is -2.30. The van der Waals surface area contributed by atoms with Crippen LogP contribution in [0.4, 0.5) is 0 Å². The van der Waals surface area contributed by atoms with Crippen molar-refractivity contribution in [1.82, 2.24) is 0 Å². The number of unbranched alkanes of at least 4 members (excludes halogenated alkanes) is 20. The molecule has 0 N–H and O–H groups in total. The number of hydrogen-bond acceptors (Lipinski definition) is 6. The molecule has 0 amide bonds. The fourth-order valence-corrected chi connectivity index (χ4v) is 7.57. The Morgan fingerprint density at radius 1 is 0.296 bits per heavy atom. The first-order valence-corrected chi connectivity index (χ1v) is 29.0. The van der Waals surface area contributed by atoms with E-state index in [-0.39, 0.29) is 31.1 Å². The number of hydrogen-bond donors (Lipinski definition) is 0. The van der Waals surface area contributed by atoms with Crippen molar-refractivity contribution in [3.8, 4) is 0 Å². The summed E-state index contributed by atoms with van der Waals surface area (Å²) in [4.78, 5) is 38.0. The minimum Gasteiger partial charge on any atom is -0.462 e. The molecular formula is C65H106O6. The van der Waals surface area contributed by atoms with Crippen LogP contribution >= 0.6 is 0 Å². The molecule has 71 heavy (non-hydrogen) atoms. The Bertz CT molecular complexity index is 1500. The Morgan fingerprint density at radius 3 is 0.930 bits per heavy atom. The van der Waals surface area contributed by atoms with Crippen molar-refractivity contribution in [2.75, 3.05) is 13.2 Å². The Kier molecular flexibility index (Phi) is 54.9. The van der Waals surface area contributed by atoms with Gasteiger partial charge in [0.1, 0.15) is 13.2 Å². The average molecular weight is 984 g/mol. The number of carbonyl (C=O) groups is 3. The SMILES string of the molecule is CC/C=C\C/C=C\C/C=C\C/C=C\C/C=C\C/C=C\C/C=C\C/C=C\CCCCCCCCC(=O)OCC(COC(=O)CCCCCCC/C=C\CCC)OC(=O)CCCCCCC/C=C\CCCCC. The standard InChI is InChI=1S/C65H106O6/c1-4-7-10-13-16-19-22-24-25-26-27-28-29-30-31-32-33-34-35-36-37-38-39-40-41-42-44-46-49-52-55-58-64(67)70-61-62(60-69-63(66)57-54-51-48-45-21-18-15-12-9-6-3)71-65(68)59-56-53-50-47-43-23-20-17-14-11-8-5-2/h7,10,12,15-17,19-20,24-25,27-28,30-31,33-34,36-37,39-40,62H,4-6,8-9,11,13-14,18,21-23,26,29,32,35,38,41-61H2,1-3H3/b10-7-,15-12-,19-16-,20-17-,25-24-,28-27-,31-30-,34-33-,37-36-,40-39-. The van der Waals surface area contributed by atoms with Gasteiger partial charge in [-0.2, -0.15) is 0 Å². The maximum atomic E-state index is 12.8. The van der Waals surface area contributed by atoms with Gasteiger partial charge in [0.25, 0.3) is 0 Å². The van der Waals surface area contributed by atoms with Crippen LogP contribution in [-0.2, 0) is 28.6 Å². The van der Waals surface area contributed by atoms with Gasteiger partial charge < -0.3 is 14.2 Å². The highest BCUT2D eigenvalue weighted by Gasteiger charge is 2.19. The molecule has 0 bridgehead atoms. The Hall–Kier alpha value is -4.19. The lowest BCUT2D eigenvalue weighted by Gasteiger charge is -2.18. The molecule has 0 heterocycles. The van der Waals surface area contributed by atoms with Crippen LogP contribution in [0.2, 0.25) is 0 Å². The first-order chi connectivity index (χ1) is 35.0. The summed E-state index contributed by atoms with van der Waals surface area (Å²) in [5, 5.41) is 0. The van der Waals surface area contributed by atoms with E-state index in [0.29, 0.717) is 19.3 Å². The Morgan fingerprint density at radius 2 is 0.577 bits per heavy atom. The van der Waals surface area contributed by atoms with Crippen LogP contribution < -0.4 is 0 Å². The number of rotatable bonds is 51. The second-order valence-electron chi connectivity index (χ2n) is 18.8. The summed E-state index contributed by atoms with van der Waals surface area (Å²) in [6.07, 6.45) is 80.6. The van der Waals surface area contributed by atoms with Gasteiger partial charge in [-0.25, -0.2) is 0 Å². The summed E-state index contributed by atoms with van der Waals surface area (Å²) >= 11 is 0. The van der Waals surface area contributed by atoms with Crippen molar-refractivity contribution < 1.29 is 28.6 Å². The van der Waals surface area contributed by atoms with Gasteiger partial charge in [-0.1, -0.05) is 226 Å². The van der Waals surface area contributed by atoms with Gasteiger partial charge in [0.2, 0.25) is 0 Å². The van der Waals surface area contributed by atoms with E-state index in [1.807, 2.05) is 0 Å². The van der Waals surface area contributed by atoms with Crippen LogP contribution in [0, 0.1) is 0 Å². The lowest BCUT2D eigenvalue weighted by molar-refractivity contribution is -0.167. The molecule has 6 heteroatoms. The van der Waals surface area contributed by atoms with Gasteiger partial charge in [-0.15, -0.1) is 0 Å². The van der Waals surface area contributed by atoms with Crippen LogP contribution in [0.1, 0.15) is 252 Å². The van der Waals surface area contributed by atoms with Crippen LogP contribution in [0.5, 0.6) is 0 Å². The number of allylic oxidation sites excluding steroid dienone is 20. The van der Waals surface area contributed by atoms with Gasteiger partial charge in [0.15, 0.2) is 6.10 Å². The zero-order chi connectivity index (χ0) is 51.4. The molecule has 0 aromatic heterocycles. The number of esters is 3. The van der Waals surface area contributed by atoms with Crippen molar-refractivity contribution in [3.63, 3.8) is 0 Å². The highest BCUT2D eigenvalue weighted by Crippen LogP contribution is 2.14. The smallest absolute Gasteiger partial charge is 0.306 e. The van der Waals surface area contributed by atoms with Gasteiger partial charge >= 0.3 is 17.9 Å². The third kappa shape index (κ3) is 56.6. The quantitative estimate of drug-likeness (QED) is 0.0261. The molecule has 0 fully saturated rings. The summed E-state index contributed by atoms with van der Waals surface area (Å²) in [6.45, 7) is 6.40. The van der Waals surface area contributed by atoms with E-state index in [1.54, 1.807) is 0 Å². The average Bonchev–Trinajstić information content (AvgIpc) is 3.37. The van der Waals surface area contributed by atoms with Crippen LogP contribution in [0.15, 0.2) is 122 Å². The molecule has 0 radical (unpaired) electrons. The van der Waals surface area contributed by atoms with E-state index in [0.717, 1.165) is 154 Å². The van der Waals surface area contributed by atoms with E-state index in [4.69, 9.17) is 14.2 Å². The molecule has 1 unspecified atom stereocenters. The first-order valence-electron chi connectivity index (χ1n) is 29.0. The third-order valence-electron chi connectivity index (χ3n) is 11.9. The molecule has 0 saturated heterocycles. The molecule has 0 aromatic carbocycles. The largest absolute Gasteiger partial charge is 0.462 e. The molecule has 0 aliphatic heterocycles. The first kappa shape index (κ1) is 66.8. The minimum absolute atomic E-state index is 0.0924. The predicted octanol–water partition coefficient (Wildman–Crippen LogP) is 19.6. The van der Waals surface area contributed by atoms with Crippen molar-refractivity contribution in [2.24, 2.45) is 0 Å². The van der Waals surface area contributed by atoms with Crippen LogP contribution in [0.25, 0.3) is 0 Å². The molecular weight excluding hydrogens is 877 g/mol. The molecule has 402 valence electrons. The van der Waals surface area contributed by atoms with E-state index in [1.165, 1.54) is 57.8 Å². The molecule has 0 saturated carbocycles. The van der Waals surface area contributed by atoms with Crippen molar-refractivity contribution in [3.05, 3.63) is 122 Å². The summed E-state index contributed by atoms with van der Waals surface area (Å²) < 4.78 is 16.8. The molecule has 0 rings (SSSR count). The predicted molar refractivity (Wildman–Crippen MR) is 306 cm³/mol. The topological polar surface area (TPSA) is 78.9 Å². The number of carbonyl (C=O) groups excluding carboxylic acids is 3. The zero-order valence-electron chi connectivity index (χ0n) is 45.9. The molecule has 0 aliphatic rings. The third-order valence-corrected chi connectivity index (χ3v) is 11.9. The monoisotopic (exact) mass is 983 g/mol. The summed E-state index contributed by atoms with van der Waals surface area (Å²) in [6, 6.07) is 0. The normalized spacial score (nSPS) is 13.0. The van der Waals surface area contributed by atoms with Crippen molar-refractivity contribution in [2.45, 2.75) is 258 Å². The molecule has 0 aliphatic carbocycles. The maximum Gasteiger partial charge on any atom is 0.306 e. The van der Waals surface area contributed by atoms with Crippen molar-refractivity contribution in [1.29, 1.82) is 0 Å². The van der Waals surface area contributed by atoms with Gasteiger partial charge in [-0.3, -0.25) is 14.4 Å². The fourth-order valence-electron chi connectivity index (χ4n) is 7.57.